The summed E-state index contributed by atoms with van der Waals surface area (Å²) >= 11 is 0. The van der Waals surface area contributed by atoms with E-state index in [1.54, 1.807) is 7.11 Å². The van der Waals surface area contributed by atoms with E-state index in [9.17, 15) is 4.79 Å². The molecule has 1 amide bonds. The van der Waals surface area contributed by atoms with Gasteiger partial charge < -0.3 is 14.8 Å². The third-order valence-corrected chi connectivity index (χ3v) is 2.52. The molecule has 0 saturated heterocycles. The van der Waals surface area contributed by atoms with Crippen LogP contribution in [-0.2, 0) is 9.47 Å². The van der Waals surface area contributed by atoms with E-state index >= 15 is 0 Å². The van der Waals surface area contributed by atoms with Gasteiger partial charge in [-0.05, 0) is 33.6 Å². The molecule has 1 N–H and O–H groups in total. The summed E-state index contributed by atoms with van der Waals surface area (Å²) in [5.41, 5.74) is -0.506. The van der Waals surface area contributed by atoms with Crippen LogP contribution >= 0.6 is 0 Å². The topological polar surface area (TPSA) is 47.6 Å². The minimum Gasteiger partial charge on any atom is -0.444 e. The van der Waals surface area contributed by atoms with Crippen LogP contribution in [0.2, 0.25) is 0 Å². The van der Waals surface area contributed by atoms with Gasteiger partial charge in [-0.1, -0.05) is 6.92 Å². The maximum absolute atomic E-state index is 11.6. The quantitative estimate of drug-likeness (QED) is 0.768. The Morgan fingerprint density at radius 2 is 1.94 bits per heavy atom. The fraction of sp³-hybridized carbons (Fsp3) is 0.786. The van der Waals surface area contributed by atoms with Crippen LogP contribution < -0.4 is 5.32 Å². The molecular weight excluding hydrogens is 230 g/mol. The molecule has 0 rings (SSSR count). The van der Waals surface area contributed by atoms with Crippen LogP contribution in [-0.4, -0.2) is 31.5 Å². The number of hydrogen-bond acceptors (Lipinski definition) is 3. The molecule has 4 heteroatoms. The zero-order valence-corrected chi connectivity index (χ0v) is 12.2. The molecule has 104 valence electrons. The van der Waals surface area contributed by atoms with Gasteiger partial charge in [-0.3, -0.25) is 0 Å². The van der Waals surface area contributed by atoms with Crippen LogP contribution in [0.25, 0.3) is 0 Å². The average Bonchev–Trinajstić information content (AvgIpc) is 2.15. The second-order valence-electron chi connectivity index (χ2n) is 5.56. The van der Waals surface area contributed by atoms with Crippen LogP contribution in [0.4, 0.5) is 4.79 Å². The molecule has 0 aromatic rings. The van der Waals surface area contributed by atoms with Crippen LogP contribution in [0.1, 0.15) is 34.6 Å². The molecular formula is C14H25NO3. The summed E-state index contributed by atoms with van der Waals surface area (Å²) < 4.78 is 10.3. The Bertz CT molecular complexity index is 301. The lowest BCUT2D eigenvalue weighted by atomic mass is 9.89. The lowest BCUT2D eigenvalue weighted by Gasteiger charge is -2.27. The summed E-state index contributed by atoms with van der Waals surface area (Å²) in [6.45, 7) is 9.91. The fourth-order valence-corrected chi connectivity index (χ4v) is 1.75. The number of hydrogen-bond donors (Lipinski definition) is 1. The summed E-state index contributed by atoms with van der Waals surface area (Å²) in [7, 11) is 1.63. The van der Waals surface area contributed by atoms with Crippen molar-refractivity contribution in [2.24, 2.45) is 11.8 Å². The molecule has 0 aromatic carbocycles. The van der Waals surface area contributed by atoms with Crippen LogP contribution in [0.3, 0.4) is 0 Å². The second-order valence-corrected chi connectivity index (χ2v) is 5.56. The first-order chi connectivity index (χ1) is 8.21. The number of ether oxygens (including phenoxy) is 2. The summed E-state index contributed by atoms with van der Waals surface area (Å²) in [6, 6.07) is -0.157. The Kier molecular flexibility index (Phi) is 6.79. The third kappa shape index (κ3) is 6.51. The number of carbonyl (C=O) groups excluding carboxylic acids is 1. The van der Waals surface area contributed by atoms with Gasteiger partial charge in [-0.15, -0.1) is 12.3 Å². The predicted octanol–water partition coefficient (Wildman–Crippen LogP) is 2.43. The third-order valence-electron chi connectivity index (χ3n) is 2.52. The molecule has 18 heavy (non-hydrogen) atoms. The highest BCUT2D eigenvalue weighted by molar-refractivity contribution is 5.68. The van der Waals surface area contributed by atoms with Gasteiger partial charge in [0.1, 0.15) is 5.60 Å². The number of methoxy groups -OCH3 is 1. The first-order valence-electron chi connectivity index (χ1n) is 6.15. The number of alkyl carbamates (subject to hydrolysis) is 1. The number of amides is 1. The first kappa shape index (κ1) is 16.8. The number of terminal acetylenes is 1. The van der Waals surface area contributed by atoms with Crippen molar-refractivity contribution in [3.63, 3.8) is 0 Å². The minimum absolute atomic E-state index is 0.0857. The highest BCUT2D eigenvalue weighted by Gasteiger charge is 2.25. The molecule has 0 fully saturated rings. The fourth-order valence-electron chi connectivity index (χ4n) is 1.75. The number of nitrogens with one attached hydrogen (secondary N) is 1. The molecule has 4 nitrogen and oxygen atoms in total. The zero-order chi connectivity index (χ0) is 14.3. The van der Waals surface area contributed by atoms with Crippen molar-refractivity contribution in [1.82, 2.24) is 5.32 Å². The standard InChI is InChI=1S/C14H25NO3/c1-8-12(10(2)9-17-7)11(3)15-13(16)18-14(4,5)6/h1,10-12H,9H2,2-7H3,(H,15,16)/t10?,11?,12-/m0/s1. The Balaban J connectivity index is 4.41. The van der Waals surface area contributed by atoms with Gasteiger partial charge in [0.25, 0.3) is 0 Å². The average molecular weight is 255 g/mol. The molecule has 0 aromatic heterocycles. The van der Waals surface area contributed by atoms with Crippen LogP contribution in [0, 0.1) is 24.2 Å². The SMILES string of the molecule is C#C[C@@H](C(C)COC)C(C)NC(=O)OC(C)(C)C. The lowest BCUT2D eigenvalue weighted by molar-refractivity contribution is 0.0481. The Morgan fingerprint density at radius 3 is 2.33 bits per heavy atom. The molecule has 0 aliphatic heterocycles. The van der Waals surface area contributed by atoms with E-state index in [2.05, 4.69) is 11.2 Å². The van der Waals surface area contributed by atoms with Crippen molar-refractivity contribution in [2.75, 3.05) is 13.7 Å². The van der Waals surface area contributed by atoms with Crippen molar-refractivity contribution in [1.29, 1.82) is 0 Å². The predicted molar refractivity (Wildman–Crippen MR) is 72.2 cm³/mol. The van der Waals surface area contributed by atoms with E-state index in [0.717, 1.165) is 0 Å². The normalized spacial score (nSPS) is 16.3. The van der Waals surface area contributed by atoms with Crippen molar-refractivity contribution in [3.05, 3.63) is 0 Å². The molecule has 0 saturated carbocycles. The van der Waals surface area contributed by atoms with Crippen molar-refractivity contribution in [2.45, 2.75) is 46.3 Å². The van der Waals surface area contributed by atoms with E-state index in [0.29, 0.717) is 6.61 Å². The molecule has 3 atom stereocenters. The Hall–Kier alpha value is -1.21. The summed E-state index contributed by atoms with van der Waals surface area (Å²) in [6.07, 6.45) is 5.07. The molecule has 2 unspecified atom stereocenters. The van der Waals surface area contributed by atoms with Gasteiger partial charge in [-0.2, -0.15) is 0 Å². The van der Waals surface area contributed by atoms with Gasteiger partial charge in [0.15, 0.2) is 0 Å². The maximum Gasteiger partial charge on any atom is 0.407 e. The van der Waals surface area contributed by atoms with Gasteiger partial charge in [0, 0.05) is 25.7 Å². The Labute approximate surface area is 110 Å². The molecule has 0 aliphatic rings. The van der Waals surface area contributed by atoms with Crippen molar-refractivity contribution in [3.8, 4) is 12.3 Å². The monoisotopic (exact) mass is 255 g/mol. The van der Waals surface area contributed by atoms with Crippen LogP contribution in [0.15, 0.2) is 0 Å². The second kappa shape index (κ2) is 7.27. The molecule has 0 aliphatic carbocycles. The van der Waals surface area contributed by atoms with Crippen molar-refractivity contribution >= 4 is 6.09 Å². The van der Waals surface area contributed by atoms with Crippen LogP contribution in [0.5, 0.6) is 0 Å². The van der Waals surface area contributed by atoms with E-state index < -0.39 is 11.7 Å². The van der Waals surface area contributed by atoms with E-state index in [-0.39, 0.29) is 17.9 Å². The highest BCUT2D eigenvalue weighted by atomic mass is 16.6. The minimum atomic E-state index is -0.506. The summed E-state index contributed by atoms with van der Waals surface area (Å²) in [4.78, 5) is 11.6. The number of carbonyl (C=O) groups is 1. The maximum atomic E-state index is 11.6. The Morgan fingerprint density at radius 1 is 1.39 bits per heavy atom. The van der Waals surface area contributed by atoms with E-state index in [1.165, 1.54) is 0 Å². The molecule has 0 heterocycles. The molecule has 0 radical (unpaired) electrons. The summed E-state index contributed by atoms with van der Waals surface area (Å²) in [5, 5.41) is 2.77. The van der Waals surface area contributed by atoms with E-state index in [4.69, 9.17) is 15.9 Å². The van der Waals surface area contributed by atoms with Gasteiger partial charge in [0.05, 0.1) is 0 Å². The van der Waals surface area contributed by atoms with Gasteiger partial charge >= 0.3 is 6.09 Å². The lowest BCUT2D eigenvalue weighted by Crippen LogP contribution is -2.43. The highest BCUT2D eigenvalue weighted by Crippen LogP contribution is 2.16. The van der Waals surface area contributed by atoms with Gasteiger partial charge in [-0.25, -0.2) is 4.79 Å². The van der Waals surface area contributed by atoms with E-state index in [1.807, 2.05) is 34.6 Å². The first-order valence-corrected chi connectivity index (χ1v) is 6.15. The molecule has 0 bridgehead atoms. The number of rotatable bonds is 5. The van der Waals surface area contributed by atoms with Crippen molar-refractivity contribution < 1.29 is 14.3 Å². The molecule has 0 spiro atoms. The van der Waals surface area contributed by atoms with Gasteiger partial charge in [0.2, 0.25) is 0 Å². The summed E-state index contributed by atoms with van der Waals surface area (Å²) in [5.74, 6) is 2.79. The smallest absolute Gasteiger partial charge is 0.407 e. The largest absolute Gasteiger partial charge is 0.444 e. The zero-order valence-electron chi connectivity index (χ0n) is 12.2.